The molecule has 0 spiro atoms. The van der Waals surface area contributed by atoms with Gasteiger partial charge in [-0.2, -0.15) is 0 Å². The number of carbonyl (C=O) groups excluding carboxylic acids is 1. The highest BCUT2D eigenvalue weighted by Crippen LogP contribution is 2.30. The van der Waals surface area contributed by atoms with Crippen molar-refractivity contribution in [1.82, 2.24) is 0 Å². The van der Waals surface area contributed by atoms with Gasteiger partial charge >= 0.3 is 0 Å². The maximum atomic E-state index is 12.3. The Kier molecular flexibility index (Phi) is 5.71. The molecule has 1 aromatic heterocycles. The van der Waals surface area contributed by atoms with Crippen molar-refractivity contribution in [2.24, 2.45) is 0 Å². The lowest BCUT2D eigenvalue weighted by Gasteiger charge is -2.09. The van der Waals surface area contributed by atoms with Gasteiger partial charge in [0.2, 0.25) is 0 Å². The molecule has 1 heterocycles. The fraction of sp³-hybridized carbons (Fsp3) is 0.105. The van der Waals surface area contributed by atoms with Gasteiger partial charge in [-0.1, -0.05) is 41.4 Å². The predicted molar refractivity (Wildman–Crippen MR) is 100 cm³/mol. The average molecular weight is 392 g/mol. The van der Waals surface area contributed by atoms with E-state index in [-0.39, 0.29) is 17.4 Å². The van der Waals surface area contributed by atoms with E-state index in [0.29, 0.717) is 28.0 Å². The first kappa shape index (κ1) is 18.2. The number of para-hydroxylation sites is 2. The zero-order valence-corrected chi connectivity index (χ0v) is 15.3. The zero-order valence-electron chi connectivity index (χ0n) is 13.8. The van der Waals surface area contributed by atoms with Gasteiger partial charge < -0.3 is 19.2 Å². The van der Waals surface area contributed by atoms with Crippen LogP contribution in [0.5, 0.6) is 11.5 Å². The van der Waals surface area contributed by atoms with Gasteiger partial charge in [0, 0.05) is 0 Å². The molecule has 3 aromatic rings. The van der Waals surface area contributed by atoms with E-state index in [1.54, 1.807) is 49.6 Å². The van der Waals surface area contributed by atoms with Crippen LogP contribution in [0.4, 0.5) is 5.69 Å². The first-order valence-electron chi connectivity index (χ1n) is 7.68. The molecule has 0 fully saturated rings. The van der Waals surface area contributed by atoms with Gasteiger partial charge in [0.1, 0.15) is 12.4 Å². The summed E-state index contributed by atoms with van der Waals surface area (Å²) in [6.45, 7) is 0.158. The Morgan fingerprint density at radius 2 is 1.81 bits per heavy atom. The Hall–Kier alpha value is -2.63. The van der Waals surface area contributed by atoms with E-state index in [1.807, 2.05) is 12.1 Å². The maximum absolute atomic E-state index is 12.3. The standard InChI is InChI=1S/C19H15Cl2NO4/c1-24-15-7-2-3-8-16(15)25-11-12-9-10-17(26-12)19(23)22-14-6-4-5-13(20)18(14)21/h2-10H,11H2,1H3,(H,22,23). The van der Waals surface area contributed by atoms with E-state index in [1.165, 1.54) is 0 Å². The minimum Gasteiger partial charge on any atom is -0.493 e. The molecule has 7 heteroatoms. The third-order valence-electron chi connectivity index (χ3n) is 3.52. The van der Waals surface area contributed by atoms with E-state index in [4.69, 9.17) is 37.1 Å². The molecule has 1 N–H and O–H groups in total. The van der Waals surface area contributed by atoms with Crippen molar-refractivity contribution in [3.05, 3.63) is 76.2 Å². The van der Waals surface area contributed by atoms with Crippen LogP contribution >= 0.6 is 23.2 Å². The van der Waals surface area contributed by atoms with E-state index in [0.717, 1.165) is 0 Å². The number of amides is 1. The summed E-state index contributed by atoms with van der Waals surface area (Å²) in [5.41, 5.74) is 0.410. The molecule has 0 aliphatic carbocycles. The number of hydrogen-bond donors (Lipinski definition) is 1. The topological polar surface area (TPSA) is 60.7 Å². The number of halogens is 2. The van der Waals surface area contributed by atoms with E-state index >= 15 is 0 Å². The van der Waals surface area contributed by atoms with E-state index < -0.39 is 5.91 Å². The van der Waals surface area contributed by atoms with Crippen molar-refractivity contribution >= 4 is 34.8 Å². The molecule has 5 nitrogen and oxygen atoms in total. The largest absolute Gasteiger partial charge is 0.493 e. The minimum atomic E-state index is -0.433. The van der Waals surface area contributed by atoms with Gasteiger partial charge in [0.15, 0.2) is 17.3 Å². The normalized spacial score (nSPS) is 10.4. The Balaban J connectivity index is 1.65. The fourth-order valence-electron chi connectivity index (χ4n) is 2.25. The molecular formula is C19H15Cl2NO4. The third-order valence-corrected chi connectivity index (χ3v) is 4.34. The van der Waals surface area contributed by atoms with Gasteiger partial charge in [-0.05, 0) is 36.4 Å². The van der Waals surface area contributed by atoms with E-state index in [2.05, 4.69) is 5.32 Å². The number of furan rings is 1. The van der Waals surface area contributed by atoms with Crippen molar-refractivity contribution in [3.8, 4) is 11.5 Å². The smallest absolute Gasteiger partial charge is 0.291 e. The van der Waals surface area contributed by atoms with Crippen LogP contribution in [0.2, 0.25) is 10.0 Å². The summed E-state index contributed by atoms with van der Waals surface area (Å²) < 4.78 is 16.4. The van der Waals surface area contributed by atoms with Crippen LogP contribution in [0.3, 0.4) is 0 Å². The first-order chi connectivity index (χ1) is 12.6. The Bertz CT molecular complexity index is 923. The summed E-state index contributed by atoms with van der Waals surface area (Å²) in [5.74, 6) is 1.41. The molecule has 0 radical (unpaired) electrons. The first-order valence-corrected chi connectivity index (χ1v) is 8.44. The molecule has 134 valence electrons. The van der Waals surface area contributed by atoms with Crippen molar-refractivity contribution in [2.75, 3.05) is 12.4 Å². The number of ether oxygens (including phenoxy) is 2. The van der Waals surface area contributed by atoms with Gasteiger partial charge in [-0.25, -0.2) is 0 Å². The monoisotopic (exact) mass is 391 g/mol. The number of carbonyl (C=O) groups is 1. The van der Waals surface area contributed by atoms with Crippen LogP contribution in [0.25, 0.3) is 0 Å². The average Bonchev–Trinajstić information content (AvgIpc) is 3.13. The molecule has 1 amide bonds. The van der Waals surface area contributed by atoms with Crippen molar-refractivity contribution < 1.29 is 18.7 Å². The highest BCUT2D eigenvalue weighted by atomic mass is 35.5. The van der Waals surface area contributed by atoms with Crippen LogP contribution in [-0.4, -0.2) is 13.0 Å². The van der Waals surface area contributed by atoms with Crippen molar-refractivity contribution in [3.63, 3.8) is 0 Å². The maximum Gasteiger partial charge on any atom is 0.291 e. The summed E-state index contributed by atoms with van der Waals surface area (Å²) in [6, 6.07) is 15.5. The lowest BCUT2D eigenvalue weighted by atomic mass is 10.3. The number of methoxy groups -OCH3 is 1. The lowest BCUT2D eigenvalue weighted by Crippen LogP contribution is -2.11. The summed E-state index contributed by atoms with van der Waals surface area (Å²) in [7, 11) is 1.57. The second kappa shape index (κ2) is 8.17. The number of nitrogens with one attached hydrogen (secondary N) is 1. The minimum absolute atomic E-state index is 0.139. The quantitative estimate of drug-likeness (QED) is 0.608. The van der Waals surface area contributed by atoms with Crippen LogP contribution in [0.1, 0.15) is 16.3 Å². The highest BCUT2D eigenvalue weighted by molar-refractivity contribution is 6.44. The van der Waals surface area contributed by atoms with Crippen LogP contribution in [-0.2, 0) is 6.61 Å². The van der Waals surface area contributed by atoms with Crippen LogP contribution in [0.15, 0.2) is 59.0 Å². The van der Waals surface area contributed by atoms with E-state index in [9.17, 15) is 4.79 Å². The molecule has 26 heavy (non-hydrogen) atoms. The molecule has 0 unspecified atom stereocenters. The van der Waals surface area contributed by atoms with Crippen molar-refractivity contribution in [1.29, 1.82) is 0 Å². The van der Waals surface area contributed by atoms with Gasteiger partial charge in [-0.15, -0.1) is 0 Å². The second-order valence-electron chi connectivity index (χ2n) is 5.26. The summed E-state index contributed by atoms with van der Waals surface area (Å²) in [5, 5.41) is 3.29. The molecule has 0 aliphatic heterocycles. The SMILES string of the molecule is COc1ccccc1OCc1ccc(C(=O)Nc2cccc(Cl)c2Cl)o1. The molecule has 0 bridgehead atoms. The number of hydrogen-bond acceptors (Lipinski definition) is 4. The Labute approximate surface area is 160 Å². The Morgan fingerprint density at radius 1 is 1.04 bits per heavy atom. The van der Waals surface area contributed by atoms with Crippen LogP contribution < -0.4 is 14.8 Å². The second-order valence-corrected chi connectivity index (χ2v) is 6.05. The lowest BCUT2D eigenvalue weighted by molar-refractivity contribution is 0.0992. The molecule has 0 atom stereocenters. The summed E-state index contributed by atoms with van der Waals surface area (Å²) in [6.07, 6.45) is 0. The summed E-state index contributed by atoms with van der Waals surface area (Å²) in [4.78, 5) is 12.3. The predicted octanol–water partition coefficient (Wildman–Crippen LogP) is 5.43. The molecule has 2 aromatic carbocycles. The van der Waals surface area contributed by atoms with Crippen LogP contribution in [0, 0.1) is 0 Å². The summed E-state index contributed by atoms with van der Waals surface area (Å²) >= 11 is 12.0. The zero-order chi connectivity index (χ0) is 18.5. The molecule has 0 saturated heterocycles. The van der Waals surface area contributed by atoms with Crippen molar-refractivity contribution in [2.45, 2.75) is 6.61 Å². The number of rotatable bonds is 6. The highest BCUT2D eigenvalue weighted by Gasteiger charge is 2.14. The molecule has 3 rings (SSSR count). The molecule has 0 aliphatic rings. The number of benzene rings is 2. The van der Waals surface area contributed by atoms with Gasteiger partial charge in [0.25, 0.3) is 5.91 Å². The molecule has 0 saturated carbocycles. The Morgan fingerprint density at radius 3 is 2.58 bits per heavy atom. The fourth-order valence-corrected chi connectivity index (χ4v) is 2.60. The van der Waals surface area contributed by atoms with Gasteiger partial charge in [0.05, 0.1) is 22.8 Å². The molecular weight excluding hydrogens is 377 g/mol. The number of anilines is 1. The third kappa shape index (κ3) is 4.12. The van der Waals surface area contributed by atoms with Gasteiger partial charge in [-0.3, -0.25) is 4.79 Å².